The third-order valence-corrected chi connectivity index (χ3v) is 19.5. The van der Waals surface area contributed by atoms with Crippen molar-refractivity contribution in [1.29, 1.82) is 0 Å². The molecule has 42 heteroatoms. The minimum atomic E-state index is -1.97. The summed E-state index contributed by atoms with van der Waals surface area (Å²) in [6, 6.07) is 25.9. The number of carbonyl (C=O) groups is 16. The highest BCUT2D eigenvalue weighted by Gasteiger charge is 2.57. The van der Waals surface area contributed by atoms with Crippen molar-refractivity contribution in [3.05, 3.63) is 197 Å². The molecule has 4 heterocycles. The van der Waals surface area contributed by atoms with E-state index in [9.17, 15) is 76.7 Å². The van der Waals surface area contributed by atoms with Crippen LogP contribution in [0.25, 0.3) is 0 Å². The Balaban J connectivity index is 0.895. The molecule has 126 heavy (non-hydrogen) atoms. The molecule has 8 aromatic rings. The fourth-order valence-corrected chi connectivity index (χ4v) is 14.1. The molecule has 8 aromatic carbocycles. The number of fused-ring (bicyclic) bond motifs is 12. The van der Waals surface area contributed by atoms with Gasteiger partial charge in [-0.1, -0.05) is 58.5 Å². The Bertz CT molecular complexity index is 5370. The molecule has 0 fully saturated rings. The predicted molar refractivity (Wildman–Crippen MR) is 430 cm³/mol. The Labute approximate surface area is 730 Å². The van der Waals surface area contributed by atoms with Crippen LogP contribution in [0.4, 0.5) is 22.7 Å². The Morgan fingerprint density at radius 3 is 0.865 bits per heavy atom. The average Bonchev–Trinajstić information content (AvgIpc) is 1.45. The zero-order valence-electron chi connectivity index (χ0n) is 66.9. The first-order valence-electron chi connectivity index (χ1n) is 36.9. The summed E-state index contributed by atoms with van der Waals surface area (Å²) in [4.78, 5) is 211. The van der Waals surface area contributed by atoms with Crippen LogP contribution in [0.3, 0.4) is 0 Å². The van der Waals surface area contributed by atoms with Crippen LogP contribution in [0.2, 0.25) is 20.1 Å². The maximum atomic E-state index is 14.7. The SMILES string of the molecule is CC(=O)OCOC(=O)CN(CC(=O)OCOC(C)=O)c1ccc(NC(=O)c2ccc3c(c2)C(=O)OC32c3cc(Cl)c(OC(C)=O)cc3Oc3cc(OC(C)=O)c(Cl)cc32)cc1OCCOc1cc(NC(=O)c2ccc3c(c2)C(=O)OC32c3cc(Cl)c(OC(C)=O)cc3Oc3cc(OC(C)=O)c(Cl)cc32)ccc1N(CC(=O)OCOC(C)=O)CC(=O)OCOC(C)=O. The van der Waals surface area contributed by atoms with Crippen LogP contribution >= 0.6 is 46.4 Å². The Hall–Kier alpha value is -14.8. The van der Waals surface area contributed by atoms with Crippen molar-refractivity contribution in [2.45, 2.75) is 66.6 Å². The molecular formula is C84H66Cl4N4O34. The molecule has 12 rings (SSSR count). The van der Waals surface area contributed by atoms with Gasteiger partial charge in [0.25, 0.3) is 11.8 Å². The molecule has 4 aliphatic rings. The molecule has 0 saturated carbocycles. The maximum absolute atomic E-state index is 14.7. The summed E-state index contributed by atoms with van der Waals surface area (Å²) >= 11 is 26.8. The van der Waals surface area contributed by atoms with Gasteiger partial charge in [-0.05, 0) is 72.8 Å². The highest BCUT2D eigenvalue weighted by atomic mass is 35.5. The molecule has 0 aromatic heterocycles. The van der Waals surface area contributed by atoms with Crippen molar-refractivity contribution < 1.29 is 162 Å². The van der Waals surface area contributed by atoms with Gasteiger partial charge >= 0.3 is 83.6 Å². The number of anilines is 4. The quantitative estimate of drug-likeness (QED) is 0.0134. The monoisotopic (exact) mass is 1810 g/mol. The third kappa shape index (κ3) is 20.4. The second kappa shape index (κ2) is 38.3. The van der Waals surface area contributed by atoms with Crippen LogP contribution < -0.4 is 58.3 Å². The zero-order chi connectivity index (χ0) is 90.9. The van der Waals surface area contributed by atoms with Gasteiger partial charge < -0.3 is 106 Å². The first-order chi connectivity index (χ1) is 59.9. The van der Waals surface area contributed by atoms with Crippen LogP contribution in [0, 0.1) is 0 Å². The van der Waals surface area contributed by atoms with E-state index < -0.39 is 173 Å². The molecule has 2 amide bonds. The van der Waals surface area contributed by atoms with E-state index >= 15 is 0 Å². The lowest BCUT2D eigenvalue weighted by atomic mass is 9.77. The molecule has 0 bridgehead atoms. The number of ether oxygens (including phenoxy) is 18. The minimum absolute atomic E-state index is 0.0420. The largest absolute Gasteiger partial charge is 0.488 e. The fraction of sp³-hybridized carbons (Fsp3) is 0.238. The number of benzene rings is 8. The van der Waals surface area contributed by atoms with Gasteiger partial charge in [0.2, 0.25) is 27.2 Å². The molecule has 0 aliphatic carbocycles. The Morgan fingerprint density at radius 1 is 0.325 bits per heavy atom. The highest BCUT2D eigenvalue weighted by Crippen LogP contribution is 2.61. The van der Waals surface area contributed by atoms with Crippen LogP contribution in [-0.4, -0.2) is 162 Å². The Morgan fingerprint density at radius 2 is 0.603 bits per heavy atom. The number of nitrogens with one attached hydrogen (secondary N) is 2. The molecule has 38 nitrogen and oxygen atoms in total. The standard InChI is InChI=1S/C84H66Cl4N4O34/c1-39(93)111-35-115-75(101)31-91(32-76(102)116-36-112-40(2)94)63-15-11-49(89-79(105)47-9-13-53-51(19-47)81(107)125-83(53)55-23-59(85)69(119-43(5)97)27-65(55)123-66-28-70(120-44(6)98)60(86)24-56(66)83)21-73(63)109-17-18-110-74-22-50(12-16-64(74)92(33-77(103)117-37-113-41(3)95)34-78(104)118-38-114-42(4)96)90-80(106)48-10-14-54-52(20-48)82(108)126-84(54)57-25-61(87)71(121-45(7)99)29-67(57)124-68-30-72(122-46(8)100)62(88)26-58(68)84/h9-16,19-30H,17-18,31-38H2,1-8H3,(H,89,105)(H,90,106). The smallest absolute Gasteiger partial charge is 0.340 e. The lowest BCUT2D eigenvalue weighted by molar-refractivity contribution is -0.167. The number of hydrogen-bond acceptors (Lipinski definition) is 36. The molecular weight excluding hydrogens is 1750 g/mol. The predicted octanol–water partition coefficient (Wildman–Crippen LogP) is 11.0. The summed E-state index contributed by atoms with van der Waals surface area (Å²) < 4.78 is 99.0. The second-order valence-electron chi connectivity index (χ2n) is 27.1. The Kier molecular flexibility index (Phi) is 27.5. The summed E-state index contributed by atoms with van der Waals surface area (Å²) in [7, 11) is 0. The summed E-state index contributed by atoms with van der Waals surface area (Å²) in [5, 5.41) is 4.93. The van der Waals surface area contributed by atoms with Crippen molar-refractivity contribution >= 4 is 165 Å². The number of hydrogen-bond donors (Lipinski definition) is 2. The van der Waals surface area contributed by atoms with Gasteiger partial charge in [0.1, 0.15) is 73.9 Å². The van der Waals surface area contributed by atoms with E-state index in [2.05, 4.69) is 10.6 Å². The summed E-state index contributed by atoms with van der Waals surface area (Å²) in [5.74, 6) is -15.9. The molecule has 2 spiro atoms. The van der Waals surface area contributed by atoms with Crippen molar-refractivity contribution in [2.24, 2.45) is 0 Å². The molecule has 0 unspecified atom stereocenters. The van der Waals surface area contributed by atoms with Gasteiger partial charge in [-0.15, -0.1) is 0 Å². The van der Waals surface area contributed by atoms with Gasteiger partial charge in [0.15, 0.2) is 34.2 Å². The normalized spacial score (nSPS) is 12.7. The molecule has 4 aliphatic heterocycles. The third-order valence-electron chi connectivity index (χ3n) is 18.3. The summed E-state index contributed by atoms with van der Waals surface area (Å²) in [6.45, 7) is 0.473. The molecule has 0 atom stereocenters. The fourth-order valence-electron chi connectivity index (χ4n) is 13.3. The number of rotatable bonds is 31. The van der Waals surface area contributed by atoms with Crippen LogP contribution in [-0.2, 0) is 116 Å². The minimum Gasteiger partial charge on any atom is -0.488 e. The lowest BCUT2D eigenvalue weighted by Gasteiger charge is -2.37. The van der Waals surface area contributed by atoms with E-state index in [4.69, 9.17) is 132 Å². The first kappa shape index (κ1) is 90.5. The number of amides is 2. The molecule has 2 N–H and O–H groups in total. The van der Waals surface area contributed by atoms with Crippen molar-refractivity contribution in [2.75, 3.05) is 87.0 Å². The van der Waals surface area contributed by atoms with Gasteiger partial charge in [0.05, 0.1) is 42.6 Å². The van der Waals surface area contributed by atoms with E-state index in [0.29, 0.717) is 0 Å². The van der Waals surface area contributed by atoms with E-state index in [1.54, 1.807) is 0 Å². The van der Waals surface area contributed by atoms with E-state index in [-0.39, 0.29) is 156 Å². The van der Waals surface area contributed by atoms with Gasteiger partial charge in [-0.25, -0.2) is 9.59 Å². The molecule has 654 valence electrons. The number of carbonyl (C=O) groups excluding carboxylic acids is 16. The topological polar surface area (TPSA) is 470 Å². The maximum Gasteiger partial charge on any atom is 0.340 e. The average molecular weight is 1820 g/mol. The lowest BCUT2D eigenvalue weighted by Crippen LogP contribution is -2.37. The van der Waals surface area contributed by atoms with Gasteiger partial charge in [-0.2, -0.15) is 0 Å². The van der Waals surface area contributed by atoms with Gasteiger partial charge in [0, 0.05) is 148 Å². The van der Waals surface area contributed by atoms with Crippen LogP contribution in [0.1, 0.15) is 130 Å². The molecule has 0 radical (unpaired) electrons. The van der Waals surface area contributed by atoms with E-state index in [1.807, 2.05) is 0 Å². The second-order valence-corrected chi connectivity index (χ2v) is 28.7. The van der Waals surface area contributed by atoms with Crippen molar-refractivity contribution in [3.8, 4) is 57.5 Å². The number of halogens is 4. The van der Waals surface area contributed by atoms with E-state index in [1.165, 1.54) is 121 Å². The van der Waals surface area contributed by atoms with Crippen LogP contribution in [0.15, 0.2) is 121 Å². The highest BCUT2D eigenvalue weighted by molar-refractivity contribution is 6.34. The van der Waals surface area contributed by atoms with Gasteiger partial charge in [-0.3, -0.25) is 67.1 Å². The van der Waals surface area contributed by atoms with Crippen molar-refractivity contribution in [1.82, 2.24) is 0 Å². The van der Waals surface area contributed by atoms with E-state index in [0.717, 1.165) is 65.2 Å². The number of nitrogens with zero attached hydrogens (tertiary/aromatic N) is 2. The first-order valence-corrected chi connectivity index (χ1v) is 38.4. The summed E-state index contributed by atoms with van der Waals surface area (Å²) in [5.41, 5.74) is -4.52. The summed E-state index contributed by atoms with van der Waals surface area (Å²) in [6.07, 6.45) is 0. The zero-order valence-corrected chi connectivity index (χ0v) is 69.9. The molecule has 0 saturated heterocycles. The number of esters is 14. The van der Waals surface area contributed by atoms with Crippen LogP contribution in [0.5, 0.6) is 57.5 Å². The van der Waals surface area contributed by atoms with Crippen molar-refractivity contribution in [3.63, 3.8) is 0 Å².